The molecule has 0 saturated heterocycles. The van der Waals surface area contributed by atoms with Gasteiger partial charge in [-0.15, -0.1) is 0 Å². The molecule has 0 fully saturated rings. The summed E-state index contributed by atoms with van der Waals surface area (Å²) >= 11 is 0. The first-order valence-corrected chi connectivity index (χ1v) is 40.2. The van der Waals surface area contributed by atoms with Crippen molar-refractivity contribution in [2.24, 2.45) is 114 Å². The number of unbranched alkanes of at least 4 members (excludes halogenated alkanes) is 2. The van der Waals surface area contributed by atoms with Crippen LogP contribution in [0.4, 0.5) is 9.59 Å². The van der Waals surface area contributed by atoms with Crippen molar-refractivity contribution in [3.63, 3.8) is 0 Å². The first-order chi connectivity index (χ1) is 49.3. The van der Waals surface area contributed by atoms with Gasteiger partial charge >= 0.3 is 12.1 Å². The molecular weight excluding hydrogens is 1360 g/mol. The quantitative estimate of drug-likeness (QED) is 0.0280. The number of hydrogen-bond acceptors (Lipinski definition) is 14. The topological polar surface area (TPSA) is 375 Å². The van der Waals surface area contributed by atoms with E-state index in [1.807, 2.05) is 171 Å². The first-order valence-electron chi connectivity index (χ1n) is 40.2. The highest BCUT2D eigenvalue weighted by Crippen LogP contribution is 2.33. The third kappa shape index (κ3) is 56.1. The van der Waals surface area contributed by atoms with Gasteiger partial charge in [0.1, 0.15) is 11.6 Å². The predicted octanol–water partition coefficient (Wildman–Crippen LogP) is 15.6. The molecule has 8 atom stereocenters. The molecule has 2 aromatic carbocycles. The highest BCUT2D eigenvalue weighted by molar-refractivity contribution is 5.95. The number of rotatable bonds is 38. The summed E-state index contributed by atoms with van der Waals surface area (Å²) in [6.45, 7) is 58.3. The van der Waals surface area contributed by atoms with Gasteiger partial charge in [0.2, 0.25) is 11.8 Å². The van der Waals surface area contributed by atoms with E-state index in [2.05, 4.69) is 104 Å². The van der Waals surface area contributed by atoms with Gasteiger partial charge in [-0.05, 0) is 136 Å². The molecule has 8 unspecified atom stereocenters. The van der Waals surface area contributed by atoms with Crippen LogP contribution in [0.1, 0.15) is 295 Å². The summed E-state index contributed by atoms with van der Waals surface area (Å²) in [6.07, 6.45) is 9.99. The Morgan fingerprint density at radius 3 is 0.843 bits per heavy atom. The van der Waals surface area contributed by atoms with Crippen molar-refractivity contribution < 1.29 is 47.9 Å². The Morgan fingerprint density at radius 1 is 0.370 bits per heavy atom. The monoisotopic (exact) mass is 1520 g/mol. The Kier molecular flexibility index (Phi) is 54.5. The van der Waals surface area contributed by atoms with E-state index < -0.39 is 57.9 Å². The van der Waals surface area contributed by atoms with Crippen molar-refractivity contribution >= 4 is 58.6 Å². The van der Waals surface area contributed by atoms with Crippen molar-refractivity contribution in [1.82, 2.24) is 21.3 Å². The minimum Gasteiger partial charge on any atom is -0.352 e. The Bertz CT molecular complexity index is 2670. The van der Waals surface area contributed by atoms with Crippen LogP contribution in [0, 0.1) is 79.8 Å². The molecule has 0 aliphatic rings. The van der Waals surface area contributed by atoms with Crippen LogP contribution in [-0.4, -0.2) is 109 Å². The Hall–Kier alpha value is -6.22. The molecule has 0 aliphatic carbocycles. The molecule has 108 heavy (non-hydrogen) atoms. The van der Waals surface area contributed by atoms with Crippen LogP contribution in [0.2, 0.25) is 0 Å². The number of urea groups is 2. The lowest BCUT2D eigenvalue weighted by Gasteiger charge is -2.31. The lowest BCUT2D eigenvalue weighted by molar-refractivity contribution is -0.135. The van der Waals surface area contributed by atoms with Crippen LogP contribution in [0.15, 0.2) is 60.7 Å². The van der Waals surface area contributed by atoms with Gasteiger partial charge in [-0.3, -0.25) is 38.4 Å². The van der Waals surface area contributed by atoms with Crippen LogP contribution in [-0.2, 0) is 51.2 Å². The largest absolute Gasteiger partial charge is 0.352 e. The molecule has 2 aromatic rings. The maximum absolute atomic E-state index is 12.9. The number of benzene rings is 2. The second kappa shape index (κ2) is 54.4. The van der Waals surface area contributed by atoms with E-state index in [1.54, 1.807) is 0 Å². The number of amides is 6. The molecule has 0 saturated carbocycles. The van der Waals surface area contributed by atoms with Crippen molar-refractivity contribution in [3.05, 3.63) is 71.8 Å². The van der Waals surface area contributed by atoms with E-state index in [9.17, 15) is 47.9 Å². The fraction of sp³-hybridized carbons (Fsp3) is 0.750. The summed E-state index contributed by atoms with van der Waals surface area (Å²) < 4.78 is 0. The fourth-order valence-corrected chi connectivity index (χ4v) is 11.5. The van der Waals surface area contributed by atoms with Gasteiger partial charge in [-0.2, -0.15) is 0 Å². The second-order valence-electron chi connectivity index (χ2n) is 38.0. The lowest BCUT2D eigenvalue weighted by atomic mass is 9.78. The Morgan fingerprint density at radius 2 is 0.630 bits per heavy atom. The zero-order valence-corrected chi connectivity index (χ0v) is 73.4. The molecule has 20 nitrogen and oxygen atoms in total. The van der Waals surface area contributed by atoms with E-state index >= 15 is 0 Å². The summed E-state index contributed by atoms with van der Waals surface area (Å²) in [5.74, 6) is 1.32. The second-order valence-corrected chi connectivity index (χ2v) is 38.0. The Balaban J connectivity index is -0.000000644. The fourth-order valence-electron chi connectivity index (χ4n) is 11.5. The number of nitrogens with one attached hydrogen (secondary N) is 4. The lowest BCUT2D eigenvalue weighted by Crippen LogP contribution is -2.49. The molecule has 0 heterocycles. The molecule has 2 rings (SSSR count). The maximum atomic E-state index is 12.9. The molecular formula is C88H162N10O10. The van der Waals surface area contributed by atoms with Gasteiger partial charge in [0.05, 0.1) is 24.2 Å². The van der Waals surface area contributed by atoms with Gasteiger partial charge < -0.3 is 55.7 Å². The molecule has 0 spiro atoms. The van der Waals surface area contributed by atoms with Crippen molar-refractivity contribution in [3.8, 4) is 0 Å². The standard InChI is InChI=1S/2C20H39N3O3.2C20H32N2O2.2C4H10/c2*1-13(2)14(12-19(3,4)5)17(25)23-15(16(24)20(6,7)8)10-9-11-22-18(21)26;2*1-20(2,3)19(24)16(11-7-8-12-21)14-18(23)17(22)13-15-9-5-4-6-10-15;2*1-4(2)3/h2*13-15H,9-12H2,1-8H3,(H,23,25)(H3,21,22,26);2*4-6,9-10,16-17H,7-8,11-14,21-22H2,1-3H3;2*4H,1-3H3. The molecule has 0 bridgehead atoms. The number of carbonyl (C=O) groups is 10. The molecule has 624 valence electrons. The number of carbonyl (C=O) groups excluding carboxylic acids is 10. The number of Topliss-reactive ketones (excluding diaryl/α,β-unsaturated/α-hetero) is 6. The summed E-state index contributed by atoms with van der Waals surface area (Å²) in [4.78, 5) is 123. The average Bonchev–Trinajstić information content (AvgIpc) is 0.857. The smallest absolute Gasteiger partial charge is 0.312 e. The van der Waals surface area contributed by atoms with E-state index in [-0.39, 0.29) is 106 Å². The molecule has 0 aliphatic heterocycles. The number of hydrogen-bond donors (Lipinski definition) is 10. The SMILES string of the molecule is CC(C)(C)C(=O)C(CCCCN)CC(=O)C(N)Cc1ccccc1.CC(C)(C)C(=O)C(CCCCN)CC(=O)C(N)Cc1ccccc1.CC(C)C.CC(C)C.CC(C)C(CC(C)(C)C)C(=O)NC(CCCNC(N)=O)C(=O)C(C)(C)C.CC(C)C(CC(C)(C)C)C(=O)NC(CCCNC(N)=O)C(=O)C(C)(C)C. The highest BCUT2D eigenvalue weighted by Gasteiger charge is 2.38. The number of ketones is 6. The zero-order valence-electron chi connectivity index (χ0n) is 73.4. The van der Waals surface area contributed by atoms with Gasteiger partial charge in [0.15, 0.2) is 23.1 Å². The molecule has 0 radical (unpaired) electrons. The minimum atomic E-state index is -0.585. The van der Waals surface area contributed by atoms with Crippen molar-refractivity contribution in [1.29, 1.82) is 0 Å². The molecule has 20 heteroatoms. The average molecular weight is 1520 g/mol. The van der Waals surface area contributed by atoms with Crippen LogP contribution in [0.3, 0.4) is 0 Å². The molecule has 6 amide bonds. The third-order valence-electron chi connectivity index (χ3n) is 17.2. The normalized spacial score (nSPS) is 14.0. The van der Waals surface area contributed by atoms with Crippen LogP contribution in [0.25, 0.3) is 0 Å². The van der Waals surface area contributed by atoms with E-state index in [0.717, 1.165) is 61.5 Å². The predicted molar refractivity (Wildman–Crippen MR) is 449 cm³/mol. The van der Waals surface area contributed by atoms with E-state index in [0.29, 0.717) is 77.5 Å². The van der Waals surface area contributed by atoms with Gasteiger partial charge in [-0.1, -0.05) is 267 Å². The third-order valence-corrected chi connectivity index (χ3v) is 17.2. The first kappa shape index (κ1) is 108. The molecule has 16 N–H and O–H groups in total. The zero-order chi connectivity index (χ0) is 84.9. The maximum Gasteiger partial charge on any atom is 0.312 e. The van der Waals surface area contributed by atoms with Gasteiger partial charge in [0.25, 0.3) is 0 Å². The van der Waals surface area contributed by atoms with Crippen LogP contribution < -0.4 is 55.7 Å². The summed E-state index contributed by atoms with van der Waals surface area (Å²) in [5.41, 5.74) is 33.5. The van der Waals surface area contributed by atoms with Crippen molar-refractivity contribution in [2.45, 2.75) is 321 Å². The Labute approximate surface area is 657 Å². The summed E-state index contributed by atoms with van der Waals surface area (Å²) in [5, 5.41) is 11.0. The number of primary amides is 2. The van der Waals surface area contributed by atoms with E-state index in [1.165, 1.54) is 0 Å². The van der Waals surface area contributed by atoms with Gasteiger partial charge in [0, 0.05) is 71.3 Å². The van der Waals surface area contributed by atoms with Crippen LogP contribution in [0.5, 0.6) is 0 Å². The minimum absolute atomic E-state index is 0.00295. The van der Waals surface area contributed by atoms with E-state index in [4.69, 9.17) is 34.4 Å². The van der Waals surface area contributed by atoms with Crippen molar-refractivity contribution in [2.75, 3.05) is 26.2 Å². The van der Waals surface area contributed by atoms with Crippen LogP contribution >= 0.6 is 0 Å². The number of nitrogens with two attached hydrogens (primary N) is 6. The summed E-state index contributed by atoms with van der Waals surface area (Å²) in [7, 11) is 0. The summed E-state index contributed by atoms with van der Waals surface area (Å²) in [6, 6.07) is 16.1. The van der Waals surface area contributed by atoms with Gasteiger partial charge in [-0.25, -0.2) is 9.59 Å². The highest BCUT2D eigenvalue weighted by atomic mass is 16.2. The molecule has 0 aromatic heterocycles.